The van der Waals surface area contributed by atoms with Crippen LogP contribution >= 0.6 is 27.7 Å². The Labute approximate surface area is 117 Å². The van der Waals surface area contributed by atoms with E-state index in [0.29, 0.717) is 5.41 Å². The molecule has 1 aromatic rings. The molecule has 0 aromatic carbocycles. The second kappa shape index (κ2) is 6.28. The predicted octanol–water partition coefficient (Wildman–Crippen LogP) is 4.25. The maximum Gasteiger partial charge on any atom is 0.167 e. The Morgan fingerprint density at radius 1 is 1.35 bits per heavy atom. The molecule has 0 spiro atoms. The monoisotopic (exact) mass is 316 g/mol. The molecule has 0 atom stereocenters. The van der Waals surface area contributed by atoms with Crippen LogP contribution in [0.2, 0.25) is 0 Å². The number of rotatable bonds is 4. The van der Waals surface area contributed by atoms with Crippen LogP contribution in [-0.4, -0.2) is 20.6 Å². The van der Waals surface area contributed by atoms with Gasteiger partial charge in [0.25, 0.3) is 0 Å². The number of hydrogen-bond donors (Lipinski definition) is 0. The molecule has 2 rings (SSSR count). The second-order valence-electron chi connectivity index (χ2n) is 5.16. The van der Waals surface area contributed by atoms with Crippen LogP contribution in [0.4, 0.5) is 0 Å². The van der Waals surface area contributed by atoms with E-state index in [4.69, 9.17) is 0 Å². The van der Waals surface area contributed by atoms with Gasteiger partial charge in [-0.05, 0) is 18.3 Å². The van der Waals surface area contributed by atoms with Crippen molar-refractivity contribution < 1.29 is 0 Å². The van der Waals surface area contributed by atoms with Crippen molar-refractivity contribution >= 4 is 27.7 Å². The maximum atomic E-state index is 4.40. The average molecular weight is 317 g/mol. The zero-order valence-electron chi connectivity index (χ0n) is 10.5. The molecule has 0 unspecified atom stereocenters. The molecule has 1 aromatic heterocycles. The van der Waals surface area contributed by atoms with Gasteiger partial charge in [0, 0.05) is 30.5 Å². The first-order valence-corrected chi connectivity index (χ1v) is 8.53. The summed E-state index contributed by atoms with van der Waals surface area (Å²) in [7, 11) is 2.07. The highest BCUT2D eigenvalue weighted by Gasteiger charge is 2.30. The van der Waals surface area contributed by atoms with Crippen LogP contribution in [0.5, 0.6) is 0 Å². The first-order chi connectivity index (χ1) is 8.26. The van der Waals surface area contributed by atoms with Gasteiger partial charge in [0.05, 0.1) is 0 Å². The van der Waals surface area contributed by atoms with Crippen molar-refractivity contribution in [1.82, 2.24) is 9.55 Å². The van der Waals surface area contributed by atoms with Gasteiger partial charge in [-0.25, -0.2) is 4.98 Å². The Balaban J connectivity index is 1.96. The molecule has 1 saturated carbocycles. The molecule has 17 heavy (non-hydrogen) atoms. The topological polar surface area (TPSA) is 17.8 Å². The van der Waals surface area contributed by atoms with Crippen molar-refractivity contribution in [3.63, 3.8) is 0 Å². The molecule has 0 saturated heterocycles. The fourth-order valence-electron chi connectivity index (χ4n) is 2.50. The molecule has 2 nitrogen and oxygen atoms in total. The smallest absolute Gasteiger partial charge is 0.167 e. The molecular formula is C13H21BrN2S. The highest BCUT2D eigenvalue weighted by atomic mass is 79.9. The quantitative estimate of drug-likeness (QED) is 0.469. The highest BCUT2D eigenvalue weighted by Crippen LogP contribution is 2.40. The fraction of sp³-hybridized carbons (Fsp3) is 0.769. The third-order valence-electron chi connectivity index (χ3n) is 3.73. The third kappa shape index (κ3) is 3.50. The molecule has 1 heterocycles. The van der Waals surface area contributed by atoms with Crippen molar-refractivity contribution in [1.29, 1.82) is 0 Å². The highest BCUT2D eigenvalue weighted by molar-refractivity contribution is 9.09. The largest absolute Gasteiger partial charge is 0.329 e. The lowest BCUT2D eigenvalue weighted by Gasteiger charge is -2.30. The molecule has 1 fully saturated rings. The summed E-state index contributed by atoms with van der Waals surface area (Å²) in [5.41, 5.74) is 0.493. The number of imidazole rings is 1. The summed E-state index contributed by atoms with van der Waals surface area (Å²) in [5.74, 6) is 1.20. The van der Waals surface area contributed by atoms with Crippen LogP contribution in [-0.2, 0) is 7.05 Å². The minimum absolute atomic E-state index is 0.493. The van der Waals surface area contributed by atoms with E-state index in [1.165, 1.54) is 44.3 Å². The maximum absolute atomic E-state index is 4.40. The molecule has 0 N–H and O–H groups in total. The summed E-state index contributed by atoms with van der Waals surface area (Å²) in [6.45, 7) is 0. The molecule has 96 valence electrons. The van der Waals surface area contributed by atoms with Gasteiger partial charge in [0.2, 0.25) is 0 Å². The number of hydrogen-bond acceptors (Lipinski definition) is 2. The number of aromatic nitrogens is 2. The lowest BCUT2D eigenvalue weighted by atomic mass is 9.85. The van der Waals surface area contributed by atoms with Crippen LogP contribution in [0, 0.1) is 5.41 Å². The second-order valence-corrected chi connectivity index (χ2v) is 6.66. The number of aryl methyl sites for hydroxylation is 1. The average Bonchev–Trinajstić information content (AvgIpc) is 2.63. The van der Waals surface area contributed by atoms with Crippen molar-refractivity contribution in [2.75, 3.05) is 11.1 Å². The van der Waals surface area contributed by atoms with Gasteiger partial charge < -0.3 is 4.57 Å². The minimum atomic E-state index is 0.493. The molecule has 1 aliphatic rings. The van der Waals surface area contributed by atoms with Gasteiger partial charge in [-0.2, -0.15) is 0 Å². The summed E-state index contributed by atoms with van der Waals surface area (Å²) >= 11 is 5.66. The van der Waals surface area contributed by atoms with E-state index < -0.39 is 0 Å². The van der Waals surface area contributed by atoms with Crippen LogP contribution in [0.15, 0.2) is 17.6 Å². The van der Waals surface area contributed by atoms with Gasteiger partial charge in [0.1, 0.15) is 0 Å². The van der Waals surface area contributed by atoms with E-state index in [9.17, 15) is 0 Å². The van der Waals surface area contributed by atoms with E-state index in [0.717, 1.165) is 10.5 Å². The van der Waals surface area contributed by atoms with E-state index in [-0.39, 0.29) is 0 Å². The summed E-state index contributed by atoms with van der Waals surface area (Å²) in [6.07, 6.45) is 12.3. The zero-order valence-corrected chi connectivity index (χ0v) is 12.9. The van der Waals surface area contributed by atoms with E-state index in [1.807, 2.05) is 24.2 Å². The van der Waals surface area contributed by atoms with E-state index >= 15 is 0 Å². The minimum Gasteiger partial charge on any atom is -0.329 e. The summed E-state index contributed by atoms with van der Waals surface area (Å²) < 4.78 is 2.11. The van der Waals surface area contributed by atoms with Crippen LogP contribution < -0.4 is 0 Å². The Morgan fingerprint density at radius 3 is 2.59 bits per heavy atom. The molecule has 0 radical (unpaired) electrons. The molecule has 0 bridgehead atoms. The van der Waals surface area contributed by atoms with E-state index in [2.05, 4.69) is 32.5 Å². The van der Waals surface area contributed by atoms with Crippen LogP contribution in [0.25, 0.3) is 0 Å². The Kier molecular flexibility index (Phi) is 4.97. The number of alkyl halides is 1. The molecule has 4 heteroatoms. The van der Waals surface area contributed by atoms with Crippen molar-refractivity contribution in [3.05, 3.63) is 12.4 Å². The summed E-state index contributed by atoms with van der Waals surface area (Å²) in [5, 5.41) is 2.28. The SMILES string of the molecule is Cn1ccnc1SCC1(CBr)CCCCCC1. The van der Waals surface area contributed by atoms with Gasteiger partial charge in [0.15, 0.2) is 5.16 Å². The van der Waals surface area contributed by atoms with Crippen LogP contribution in [0.3, 0.4) is 0 Å². The Hall–Kier alpha value is 0.0400. The molecule has 0 aliphatic heterocycles. The first-order valence-electron chi connectivity index (χ1n) is 6.42. The van der Waals surface area contributed by atoms with Gasteiger partial charge in [-0.15, -0.1) is 0 Å². The van der Waals surface area contributed by atoms with Crippen molar-refractivity contribution in [2.24, 2.45) is 12.5 Å². The lowest BCUT2D eigenvalue weighted by Crippen LogP contribution is -2.25. The zero-order chi connectivity index (χ0) is 12.1. The summed E-state index contributed by atoms with van der Waals surface area (Å²) in [4.78, 5) is 4.40. The first kappa shape index (κ1) is 13.5. The van der Waals surface area contributed by atoms with Gasteiger partial charge >= 0.3 is 0 Å². The Bertz CT molecular complexity index is 343. The predicted molar refractivity (Wildman–Crippen MR) is 77.9 cm³/mol. The fourth-order valence-corrected chi connectivity index (χ4v) is 4.75. The number of thioether (sulfide) groups is 1. The Morgan fingerprint density at radius 2 is 2.06 bits per heavy atom. The number of nitrogens with zero attached hydrogens (tertiary/aromatic N) is 2. The standard InChI is InChI=1S/C13H21BrN2S/c1-16-9-8-15-12(16)17-11-13(10-14)6-4-2-3-5-7-13/h8-9H,2-7,10-11H2,1H3. The van der Waals surface area contributed by atoms with Crippen molar-refractivity contribution in [3.8, 4) is 0 Å². The lowest BCUT2D eigenvalue weighted by molar-refractivity contribution is 0.334. The molecule has 0 amide bonds. The molecular weight excluding hydrogens is 296 g/mol. The number of halogens is 1. The van der Waals surface area contributed by atoms with Gasteiger partial charge in [-0.3, -0.25) is 0 Å². The molecule has 1 aliphatic carbocycles. The third-order valence-corrected chi connectivity index (χ3v) is 6.33. The van der Waals surface area contributed by atoms with E-state index in [1.54, 1.807) is 0 Å². The summed E-state index contributed by atoms with van der Waals surface area (Å²) in [6, 6.07) is 0. The van der Waals surface area contributed by atoms with Gasteiger partial charge in [-0.1, -0.05) is 53.4 Å². The van der Waals surface area contributed by atoms with Crippen molar-refractivity contribution in [2.45, 2.75) is 43.7 Å². The normalized spacial score (nSPS) is 20.1. The van der Waals surface area contributed by atoms with Crippen LogP contribution in [0.1, 0.15) is 38.5 Å².